The number of carbonyl (C=O) groups is 1. The zero-order valence-electron chi connectivity index (χ0n) is 20.8. The first-order valence-electron chi connectivity index (χ1n) is 12.1. The lowest BCUT2D eigenvalue weighted by Crippen LogP contribution is -2.44. The molecule has 0 atom stereocenters. The van der Waals surface area contributed by atoms with Crippen LogP contribution in [0.4, 0.5) is 22.7 Å². The Morgan fingerprint density at radius 2 is 2.03 bits per heavy atom. The van der Waals surface area contributed by atoms with Crippen LogP contribution in [-0.4, -0.2) is 93.5 Å². The van der Waals surface area contributed by atoms with E-state index in [1.54, 1.807) is 30.5 Å². The summed E-state index contributed by atoms with van der Waals surface area (Å²) in [7, 11) is 1.52. The minimum absolute atomic E-state index is 0.0534. The Bertz CT molecular complexity index is 1040. The van der Waals surface area contributed by atoms with E-state index in [1.807, 2.05) is 11.0 Å². The van der Waals surface area contributed by atoms with Crippen LogP contribution in [0, 0.1) is 0 Å². The summed E-state index contributed by atoms with van der Waals surface area (Å²) in [6.07, 6.45) is 2.66. The van der Waals surface area contributed by atoms with E-state index in [9.17, 15) is 15.0 Å². The van der Waals surface area contributed by atoms with E-state index in [-0.39, 0.29) is 24.7 Å². The molecule has 0 aromatic heterocycles. The number of aliphatic hydroxyl groups is 1. The van der Waals surface area contributed by atoms with Gasteiger partial charge < -0.3 is 35.4 Å². The van der Waals surface area contributed by atoms with Gasteiger partial charge in [0.05, 0.1) is 31.5 Å². The third-order valence-electron chi connectivity index (χ3n) is 5.88. The number of ether oxygens (including phenoxy) is 1. The molecule has 194 valence electrons. The zero-order chi connectivity index (χ0) is 25.8. The molecule has 1 fully saturated rings. The van der Waals surface area contributed by atoms with Crippen LogP contribution in [0.5, 0.6) is 11.5 Å². The van der Waals surface area contributed by atoms with Crippen molar-refractivity contribution in [1.82, 2.24) is 15.5 Å². The van der Waals surface area contributed by atoms with Crippen LogP contribution < -0.4 is 20.3 Å². The minimum atomic E-state index is -0.0981. The average molecular weight is 497 g/mol. The first kappa shape index (κ1) is 27.1. The summed E-state index contributed by atoms with van der Waals surface area (Å²) in [5, 5.41) is 25.9. The summed E-state index contributed by atoms with van der Waals surface area (Å²) < 4.78 is 5.25. The van der Waals surface area contributed by atoms with Gasteiger partial charge in [0.15, 0.2) is 0 Å². The highest BCUT2D eigenvalue weighted by atomic mass is 16.5. The third-order valence-corrected chi connectivity index (χ3v) is 5.88. The van der Waals surface area contributed by atoms with Gasteiger partial charge in [0.25, 0.3) is 0 Å². The van der Waals surface area contributed by atoms with Gasteiger partial charge in [-0.05, 0) is 37.9 Å². The summed E-state index contributed by atoms with van der Waals surface area (Å²) in [5.74, 6) is 0.478. The maximum Gasteiger partial charge on any atom is 0.225 e. The second-order valence-corrected chi connectivity index (χ2v) is 8.41. The summed E-state index contributed by atoms with van der Waals surface area (Å²) in [6, 6.07) is 10.3. The van der Waals surface area contributed by atoms with Crippen LogP contribution in [0.15, 0.2) is 46.4 Å². The number of aromatic hydroxyl groups is 1. The molecule has 3 rings (SSSR count). The van der Waals surface area contributed by atoms with Gasteiger partial charge in [-0.1, -0.05) is 0 Å². The normalized spacial score (nSPS) is 14.1. The zero-order valence-corrected chi connectivity index (χ0v) is 20.8. The van der Waals surface area contributed by atoms with Gasteiger partial charge in [-0.2, -0.15) is 0 Å². The molecule has 0 spiro atoms. The summed E-state index contributed by atoms with van der Waals surface area (Å²) in [4.78, 5) is 24.9. The van der Waals surface area contributed by atoms with E-state index in [1.165, 1.54) is 13.2 Å². The lowest BCUT2D eigenvalue weighted by molar-refractivity contribution is -0.119. The Hall–Kier alpha value is -3.47. The standard InChI is InChI=1S/C26H36N6O4/c1-27-25-18-20(32(14-15-33)21-16-22(34)19-23(17-21)36-2)4-5-24(25)29-8-6-26(35)30-7-3-11-31-12-9-28-10-13-31/h4-5,8,16-19,28,33-34H,1,3,6-7,9-15H2,2H3,(H,30,35). The van der Waals surface area contributed by atoms with Gasteiger partial charge in [-0.25, -0.2) is 0 Å². The molecule has 0 saturated carbocycles. The van der Waals surface area contributed by atoms with Crippen LogP contribution in [0.2, 0.25) is 0 Å². The van der Waals surface area contributed by atoms with Crippen LogP contribution >= 0.6 is 0 Å². The third kappa shape index (κ3) is 8.04. The number of piperazine rings is 1. The largest absolute Gasteiger partial charge is 0.508 e. The molecule has 1 saturated heterocycles. The molecule has 0 unspecified atom stereocenters. The van der Waals surface area contributed by atoms with Crippen LogP contribution in [0.25, 0.3) is 0 Å². The lowest BCUT2D eigenvalue weighted by atomic mass is 10.2. The first-order chi connectivity index (χ1) is 17.5. The number of hydrogen-bond acceptors (Lipinski definition) is 9. The number of nitrogens with zero attached hydrogens (tertiary/aromatic N) is 4. The molecule has 10 nitrogen and oxygen atoms in total. The van der Waals surface area contributed by atoms with Crippen molar-refractivity contribution in [3.63, 3.8) is 0 Å². The van der Waals surface area contributed by atoms with E-state index in [2.05, 4.69) is 32.2 Å². The van der Waals surface area contributed by atoms with Gasteiger partial charge in [-0.3, -0.25) is 14.8 Å². The monoisotopic (exact) mass is 496 g/mol. The lowest BCUT2D eigenvalue weighted by Gasteiger charge is -2.27. The topological polar surface area (TPSA) is 122 Å². The number of phenols is 1. The number of carbonyl (C=O) groups excluding carboxylic acids is 1. The molecular weight excluding hydrogens is 460 g/mol. The summed E-state index contributed by atoms with van der Waals surface area (Å²) in [6.45, 7) is 9.62. The second-order valence-electron chi connectivity index (χ2n) is 8.41. The number of phenolic OH excluding ortho intramolecular Hbond substituents is 1. The fourth-order valence-corrected chi connectivity index (χ4v) is 4.03. The van der Waals surface area contributed by atoms with Crippen LogP contribution in [-0.2, 0) is 4.79 Å². The highest BCUT2D eigenvalue weighted by Gasteiger charge is 2.14. The highest BCUT2D eigenvalue weighted by molar-refractivity contribution is 5.91. The molecule has 2 aromatic carbocycles. The van der Waals surface area contributed by atoms with Crippen molar-refractivity contribution < 1.29 is 19.7 Å². The van der Waals surface area contributed by atoms with E-state index < -0.39 is 0 Å². The molecule has 0 aliphatic carbocycles. The summed E-state index contributed by atoms with van der Waals surface area (Å²) >= 11 is 0. The Labute approximate surface area is 212 Å². The molecule has 36 heavy (non-hydrogen) atoms. The predicted molar refractivity (Wildman–Crippen MR) is 144 cm³/mol. The van der Waals surface area contributed by atoms with Crippen molar-refractivity contribution in [3.8, 4) is 11.5 Å². The molecule has 0 radical (unpaired) electrons. The van der Waals surface area contributed by atoms with Gasteiger partial charge in [0, 0.05) is 75.1 Å². The van der Waals surface area contributed by atoms with Crippen molar-refractivity contribution in [2.45, 2.75) is 12.8 Å². The maximum atomic E-state index is 12.2. The van der Waals surface area contributed by atoms with Crippen molar-refractivity contribution in [3.05, 3.63) is 36.4 Å². The van der Waals surface area contributed by atoms with Gasteiger partial charge in [0.2, 0.25) is 5.91 Å². The maximum absolute atomic E-state index is 12.2. The summed E-state index contributed by atoms with van der Waals surface area (Å²) in [5.41, 5.74) is 2.51. The number of anilines is 2. The van der Waals surface area contributed by atoms with Crippen LogP contribution in [0.1, 0.15) is 12.8 Å². The van der Waals surface area contributed by atoms with Crippen molar-refractivity contribution in [1.29, 1.82) is 0 Å². The highest BCUT2D eigenvalue weighted by Crippen LogP contribution is 2.37. The van der Waals surface area contributed by atoms with Gasteiger partial charge in [-0.15, -0.1) is 0 Å². The predicted octanol–water partition coefficient (Wildman–Crippen LogP) is 2.37. The molecule has 10 heteroatoms. The van der Waals surface area contributed by atoms with Gasteiger partial charge in [0.1, 0.15) is 11.5 Å². The molecule has 1 amide bonds. The fraction of sp³-hybridized carbons (Fsp3) is 0.423. The minimum Gasteiger partial charge on any atom is -0.508 e. The second kappa shape index (κ2) is 14.2. The molecule has 1 aliphatic rings. The van der Waals surface area contributed by atoms with E-state index in [0.717, 1.165) is 44.8 Å². The van der Waals surface area contributed by atoms with Crippen molar-refractivity contribution >= 4 is 41.6 Å². The van der Waals surface area contributed by atoms with Crippen molar-refractivity contribution in [2.75, 3.05) is 64.4 Å². The fourth-order valence-electron chi connectivity index (χ4n) is 4.03. The van der Waals surface area contributed by atoms with Crippen LogP contribution in [0.3, 0.4) is 0 Å². The molecule has 1 aliphatic heterocycles. The number of benzene rings is 2. The number of nitrogens with one attached hydrogen (secondary N) is 2. The number of rotatable bonds is 13. The SMILES string of the molecule is C=Nc1cc(N(CCO)c2cc(O)cc(OC)c2)ccc1N=CCC(=O)NCCCN1CCNCC1. The molecular formula is C26H36N6O4. The molecule has 0 bridgehead atoms. The number of amides is 1. The number of hydrogen-bond donors (Lipinski definition) is 4. The Morgan fingerprint density at radius 1 is 1.22 bits per heavy atom. The first-order valence-corrected chi connectivity index (χ1v) is 12.1. The van der Waals surface area contributed by atoms with E-state index in [0.29, 0.717) is 35.9 Å². The van der Waals surface area contributed by atoms with E-state index in [4.69, 9.17) is 4.74 Å². The van der Waals surface area contributed by atoms with Crippen molar-refractivity contribution in [2.24, 2.45) is 9.98 Å². The Morgan fingerprint density at radius 3 is 2.75 bits per heavy atom. The molecule has 2 aromatic rings. The number of aliphatic hydroxyl groups excluding tert-OH is 1. The quantitative estimate of drug-likeness (QED) is 0.248. The number of aliphatic imine (C=N–C) groups is 2. The average Bonchev–Trinajstić information content (AvgIpc) is 2.90. The molecule has 1 heterocycles. The Kier molecular flexibility index (Phi) is 10.7. The number of methoxy groups -OCH3 is 1. The van der Waals surface area contributed by atoms with E-state index >= 15 is 0 Å². The smallest absolute Gasteiger partial charge is 0.225 e. The van der Waals surface area contributed by atoms with Gasteiger partial charge >= 0.3 is 0 Å². The molecule has 4 N–H and O–H groups in total. The Balaban J connectivity index is 1.59.